The van der Waals surface area contributed by atoms with Crippen LogP contribution in [-0.4, -0.2) is 25.1 Å². The molecule has 112 valence electrons. The predicted molar refractivity (Wildman–Crippen MR) is 86.6 cm³/mol. The molecule has 2 heterocycles. The second kappa shape index (κ2) is 5.30. The standard InChI is InChI=1S/C16H27N3S/c1-16(2,3)12-7-8-19(10-12)15-18-14(11-5-6-11)13(20-15)9-17-4/h11-12,17H,5-10H2,1-4H3. The normalized spacial score (nSPS) is 23.6. The SMILES string of the molecule is CNCc1sc(N2CCC(C(C)(C)C)C2)nc1C1CC1. The van der Waals surface area contributed by atoms with Crippen molar-refractivity contribution in [2.24, 2.45) is 11.3 Å². The van der Waals surface area contributed by atoms with Gasteiger partial charge in [-0.25, -0.2) is 4.98 Å². The van der Waals surface area contributed by atoms with Crippen LogP contribution in [0.15, 0.2) is 0 Å². The highest BCUT2D eigenvalue weighted by Crippen LogP contribution is 2.45. The second-order valence-corrected chi connectivity index (χ2v) is 8.47. The van der Waals surface area contributed by atoms with Gasteiger partial charge in [-0.05, 0) is 37.6 Å². The third kappa shape index (κ3) is 2.86. The van der Waals surface area contributed by atoms with E-state index >= 15 is 0 Å². The number of rotatable bonds is 4. The van der Waals surface area contributed by atoms with E-state index in [9.17, 15) is 0 Å². The van der Waals surface area contributed by atoms with E-state index in [1.807, 2.05) is 18.4 Å². The molecule has 0 amide bonds. The van der Waals surface area contributed by atoms with Crippen LogP contribution in [0, 0.1) is 11.3 Å². The molecule has 20 heavy (non-hydrogen) atoms. The summed E-state index contributed by atoms with van der Waals surface area (Å²) in [5.74, 6) is 1.55. The molecule has 2 fully saturated rings. The van der Waals surface area contributed by atoms with Crippen LogP contribution in [-0.2, 0) is 6.54 Å². The molecule has 0 radical (unpaired) electrons. The van der Waals surface area contributed by atoms with Crippen molar-refractivity contribution in [1.82, 2.24) is 10.3 Å². The van der Waals surface area contributed by atoms with Gasteiger partial charge in [-0.15, -0.1) is 11.3 Å². The van der Waals surface area contributed by atoms with Crippen molar-refractivity contribution < 1.29 is 0 Å². The van der Waals surface area contributed by atoms with Crippen molar-refractivity contribution in [3.8, 4) is 0 Å². The zero-order valence-corrected chi connectivity index (χ0v) is 14.0. The zero-order valence-electron chi connectivity index (χ0n) is 13.2. The van der Waals surface area contributed by atoms with Crippen LogP contribution < -0.4 is 10.2 Å². The molecule has 1 aliphatic carbocycles. The van der Waals surface area contributed by atoms with Gasteiger partial charge in [-0.2, -0.15) is 0 Å². The molecule has 1 atom stereocenters. The molecule has 1 saturated heterocycles. The first-order valence-corrected chi connectivity index (χ1v) is 8.70. The highest BCUT2D eigenvalue weighted by Gasteiger charge is 2.35. The Labute approximate surface area is 126 Å². The summed E-state index contributed by atoms with van der Waals surface area (Å²) in [6.07, 6.45) is 3.98. The van der Waals surface area contributed by atoms with Crippen LogP contribution in [0.3, 0.4) is 0 Å². The van der Waals surface area contributed by atoms with Gasteiger partial charge in [-0.1, -0.05) is 20.8 Å². The van der Waals surface area contributed by atoms with Gasteiger partial charge in [0.2, 0.25) is 0 Å². The minimum Gasteiger partial charge on any atom is -0.348 e. The maximum Gasteiger partial charge on any atom is 0.185 e. The van der Waals surface area contributed by atoms with Crippen molar-refractivity contribution in [2.75, 3.05) is 25.0 Å². The molecule has 1 saturated carbocycles. The molecule has 1 aliphatic heterocycles. The van der Waals surface area contributed by atoms with Gasteiger partial charge in [0.1, 0.15) is 0 Å². The lowest BCUT2D eigenvalue weighted by molar-refractivity contribution is 0.263. The summed E-state index contributed by atoms with van der Waals surface area (Å²) in [7, 11) is 2.03. The molecule has 3 rings (SSSR count). The average Bonchev–Trinajstić information content (AvgIpc) is 2.93. The van der Waals surface area contributed by atoms with Crippen molar-refractivity contribution in [3.05, 3.63) is 10.6 Å². The summed E-state index contributed by atoms with van der Waals surface area (Å²) in [5, 5.41) is 4.56. The molecule has 1 N–H and O–H groups in total. The molecule has 0 spiro atoms. The van der Waals surface area contributed by atoms with E-state index in [1.54, 1.807) is 0 Å². The number of thiazole rings is 1. The summed E-state index contributed by atoms with van der Waals surface area (Å²) in [4.78, 5) is 8.98. The smallest absolute Gasteiger partial charge is 0.185 e. The van der Waals surface area contributed by atoms with E-state index in [0.717, 1.165) is 18.4 Å². The Kier molecular flexibility index (Phi) is 3.80. The quantitative estimate of drug-likeness (QED) is 0.919. The molecule has 4 heteroatoms. The monoisotopic (exact) mass is 293 g/mol. The van der Waals surface area contributed by atoms with Crippen LogP contribution in [0.5, 0.6) is 0 Å². The van der Waals surface area contributed by atoms with E-state index in [-0.39, 0.29) is 0 Å². The summed E-state index contributed by atoms with van der Waals surface area (Å²) < 4.78 is 0. The fourth-order valence-electron chi connectivity index (χ4n) is 3.09. The number of anilines is 1. The first-order valence-electron chi connectivity index (χ1n) is 7.88. The third-order valence-corrected chi connectivity index (χ3v) is 5.83. The summed E-state index contributed by atoms with van der Waals surface area (Å²) in [6, 6.07) is 0. The summed E-state index contributed by atoms with van der Waals surface area (Å²) in [5.41, 5.74) is 1.80. The molecule has 1 aromatic heterocycles. The number of hydrogen-bond acceptors (Lipinski definition) is 4. The summed E-state index contributed by atoms with van der Waals surface area (Å²) >= 11 is 1.91. The largest absolute Gasteiger partial charge is 0.348 e. The molecular weight excluding hydrogens is 266 g/mol. The van der Waals surface area contributed by atoms with E-state index in [4.69, 9.17) is 4.98 Å². The minimum absolute atomic E-state index is 0.416. The lowest BCUT2D eigenvalue weighted by Crippen LogP contribution is -2.25. The Hall–Kier alpha value is -0.610. The van der Waals surface area contributed by atoms with Gasteiger partial charge in [-0.3, -0.25) is 0 Å². The Morgan fingerprint density at radius 3 is 2.60 bits per heavy atom. The topological polar surface area (TPSA) is 28.2 Å². The maximum atomic E-state index is 4.99. The van der Waals surface area contributed by atoms with Crippen LogP contribution in [0.4, 0.5) is 5.13 Å². The lowest BCUT2D eigenvalue weighted by Gasteiger charge is -2.26. The Bertz CT molecular complexity index is 471. The van der Waals surface area contributed by atoms with E-state index in [2.05, 4.69) is 31.0 Å². The highest BCUT2D eigenvalue weighted by atomic mass is 32.1. The van der Waals surface area contributed by atoms with Gasteiger partial charge < -0.3 is 10.2 Å². The molecule has 0 aromatic carbocycles. The predicted octanol–water partition coefficient (Wildman–Crippen LogP) is 3.61. The maximum absolute atomic E-state index is 4.99. The number of nitrogens with one attached hydrogen (secondary N) is 1. The average molecular weight is 293 g/mol. The van der Waals surface area contributed by atoms with Gasteiger partial charge in [0, 0.05) is 30.4 Å². The summed E-state index contributed by atoms with van der Waals surface area (Å²) in [6.45, 7) is 10.4. The van der Waals surface area contributed by atoms with Crippen LogP contribution in [0.2, 0.25) is 0 Å². The van der Waals surface area contributed by atoms with E-state index in [0.29, 0.717) is 5.41 Å². The fourth-order valence-corrected chi connectivity index (χ4v) is 4.28. The third-order valence-electron chi connectivity index (χ3n) is 4.70. The molecule has 2 aliphatic rings. The van der Waals surface area contributed by atoms with Gasteiger partial charge in [0.05, 0.1) is 5.69 Å². The lowest BCUT2D eigenvalue weighted by atomic mass is 9.80. The molecule has 0 bridgehead atoms. The fraction of sp³-hybridized carbons (Fsp3) is 0.812. The number of nitrogens with zero attached hydrogens (tertiary/aromatic N) is 2. The van der Waals surface area contributed by atoms with Crippen molar-refractivity contribution in [1.29, 1.82) is 0 Å². The minimum atomic E-state index is 0.416. The van der Waals surface area contributed by atoms with Crippen molar-refractivity contribution in [3.63, 3.8) is 0 Å². The Morgan fingerprint density at radius 1 is 1.30 bits per heavy atom. The number of aromatic nitrogens is 1. The molecule has 1 unspecified atom stereocenters. The van der Waals surface area contributed by atoms with E-state index in [1.165, 1.54) is 48.1 Å². The first kappa shape index (κ1) is 14.3. The first-order chi connectivity index (χ1) is 9.49. The van der Waals surface area contributed by atoms with Gasteiger partial charge in [0.15, 0.2) is 5.13 Å². The molecular formula is C16H27N3S. The Balaban J connectivity index is 1.76. The van der Waals surface area contributed by atoms with Crippen LogP contribution >= 0.6 is 11.3 Å². The number of hydrogen-bond donors (Lipinski definition) is 1. The van der Waals surface area contributed by atoms with Crippen molar-refractivity contribution >= 4 is 16.5 Å². The zero-order chi connectivity index (χ0) is 14.3. The Morgan fingerprint density at radius 2 is 2.05 bits per heavy atom. The van der Waals surface area contributed by atoms with Crippen LogP contribution in [0.25, 0.3) is 0 Å². The molecule has 1 aromatic rings. The van der Waals surface area contributed by atoms with Crippen LogP contribution in [0.1, 0.15) is 56.5 Å². The molecule has 3 nitrogen and oxygen atoms in total. The highest BCUT2D eigenvalue weighted by molar-refractivity contribution is 7.15. The second-order valence-electron chi connectivity index (χ2n) is 7.41. The van der Waals surface area contributed by atoms with Gasteiger partial charge >= 0.3 is 0 Å². The van der Waals surface area contributed by atoms with E-state index < -0.39 is 0 Å². The van der Waals surface area contributed by atoms with Gasteiger partial charge in [0.25, 0.3) is 0 Å². The van der Waals surface area contributed by atoms with Crippen molar-refractivity contribution in [2.45, 2.75) is 52.5 Å².